The number of alkyl halides is 3. The summed E-state index contributed by atoms with van der Waals surface area (Å²) in [7, 11) is 1.73. The van der Waals surface area contributed by atoms with Gasteiger partial charge in [-0.05, 0) is 42.0 Å². The number of carbonyl (C=O) groups is 2. The van der Waals surface area contributed by atoms with Gasteiger partial charge in [0, 0.05) is 43.2 Å². The smallest absolute Gasteiger partial charge is 0.391 e. The zero-order valence-corrected chi connectivity index (χ0v) is 24.6. The molecular formula is C31H40F3N5O3. The SMILES string of the molecule is CN(c1ccc(C(C)(C)C)cc1)C(C(=O)NC1CCCCC1)c1cncc(C(F)(F)F)c1.N#CN1CC(O)CC1C=O. The number of aliphatic hydroxyl groups excluding tert-OH is 1. The minimum absolute atomic E-state index is 0.0280. The number of aliphatic hydroxyl groups is 1. The van der Waals surface area contributed by atoms with E-state index in [1.54, 1.807) is 11.9 Å². The number of hydrogen-bond acceptors (Lipinski definition) is 7. The van der Waals surface area contributed by atoms with Gasteiger partial charge in [0.05, 0.1) is 24.3 Å². The number of benzene rings is 1. The third-order valence-electron chi connectivity index (χ3n) is 7.74. The second kappa shape index (κ2) is 14.0. The fourth-order valence-corrected chi connectivity index (χ4v) is 5.27. The zero-order chi connectivity index (χ0) is 31.1. The first-order chi connectivity index (χ1) is 19.7. The number of β-amino-alcohol motifs (C(OH)–C–C–N with tert-alkyl or cyclic N) is 1. The van der Waals surface area contributed by atoms with E-state index >= 15 is 0 Å². The Kier molecular flexibility index (Phi) is 11.0. The Hall–Kier alpha value is -3.65. The number of likely N-dealkylation sites (N-methyl/N-ethyl adjacent to an activating group) is 1. The van der Waals surface area contributed by atoms with Crippen LogP contribution in [0.2, 0.25) is 0 Å². The largest absolute Gasteiger partial charge is 0.417 e. The van der Waals surface area contributed by atoms with Crippen LogP contribution in [-0.2, 0) is 21.2 Å². The van der Waals surface area contributed by atoms with Crippen molar-refractivity contribution in [2.75, 3.05) is 18.5 Å². The van der Waals surface area contributed by atoms with E-state index in [-0.39, 0.29) is 22.9 Å². The summed E-state index contributed by atoms with van der Waals surface area (Å²) in [5.74, 6) is -0.305. The second-order valence-corrected chi connectivity index (χ2v) is 12.0. The Morgan fingerprint density at radius 1 is 1.14 bits per heavy atom. The molecule has 2 aromatic rings. The molecule has 1 aromatic carbocycles. The molecule has 2 N–H and O–H groups in total. The van der Waals surface area contributed by atoms with E-state index in [0.29, 0.717) is 19.3 Å². The van der Waals surface area contributed by atoms with Gasteiger partial charge in [0.15, 0.2) is 6.19 Å². The van der Waals surface area contributed by atoms with Gasteiger partial charge in [-0.3, -0.25) is 14.7 Å². The van der Waals surface area contributed by atoms with Gasteiger partial charge >= 0.3 is 6.18 Å². The summed E-state index contributed by atoms with van der Waals surface area (Å²) in [5.41, 5.74) is 1.22. The molecule has 0 spiro atoms. The Balaban J connectivity index is 0.000000408. The average molecular weight is 588 g/mol. The van der Waals surface area contributed by atoms with Gasteiger partial charge < -0.3 is 20.1 Å². The highest BCUT2D eigenvalue weighted by molar-refractivity contribution is 5.86. The second-order valence-electron chi connectivity index (χ2n) is 12.0. The first kappa shape index (κ1) is 32.9. The van der Waals surface area contributed by atoms with Crippen molar-refractivity contribution in [2.45, 2.75) is 95.1 Å². The van der Waals surface area contributed by atoms with Crippen LogP contribution in [0.3, 0.4) is 0 Å². The number of likely N-dealkylation sites (tertiary alicyclic amines) is 1. The fraction of sp³-hybridized carbons (Fsp3) is 0.548. The number of halogens is 3. The van der Waals surface area contributed by atoms with Crippen molar-refractivity contribution in [3.05, 3.63) is 59.4 Å². The number of hydrogen-bond donors (Lipinski definition) is 2. The molecule has 1 aromatic heterocycles. The number of nitriles is 1. The topological polar surface area (TPSA) is 110 Å². The number of carbonyl (C=O) groups excluding carboxylic acids is 2. The Morgan fingerprint density at radius 3 is 2.31 bits per heavy atom. The number of amides is 1. The predicted octanol–water partition coefficient (Wildman–Crippen LogP) is 5.13. The molecule has 11 heteroatoms. The molecule has 1 saturated heterocycles. The minimum Gasteiger partial charge on any atom is -0.391 e. The van der Waals surface area contributed by atoms with E-state index in [1.165, 1.54) is 11.1 Å². The number of pyridine rings is 1. The van der Waals surface area contributed by atoms with E-state index in [1.807, 2.05) is 30.5 Å². The average Bonchev–Trinajstić information content (AvgIpc) is 3.33. The maximum Gasteiger partial charge on any atom is 0.417 e. The van der Waals surface area contributed by atoms with E-state index in [9.17, 15) is 22.8 Å². The normalized spacial score (nSPS) is 20.1. The molecule has 4 rings (SSSR count). The standard InChI is InChI=1S/C25H32F3N3O.C6H8N2O2/c1-24(2,3)18-10-12-21(13-11-18)31(4)22(23(32)30-20-8-6-5-7-9-20)17-14-19(16-29-15-17)25(26,27)28;7-4-8-2-6(10)1-5(8)3-9/h10-16,20,22H,5-9H2,1-4H3,(H,30,32);3,5-6,10H,1-2H2. The van der Waals surface area contributed by atoms with Gasteiger partial charge in [-0.15, -0.1) is 0 Å². The van der Waals surface area contributed by atoms with Crippen molar-refractivity contribution < 1.29 is 27.9 Å². The number of anilines is 1. The van der Waals surface area contributed by atoms with Crippen LogP contribution in [0, 0.1) is 11.5 Å². The van der Waals surface area contributed by atoms with Crippen LogP contribution >= 0.6 is 0 Å². The highest BCUT2D eigenvalue weighted by atomic mass is 19.4. The van der Waals surface area contributed by atoms with Gasteiger partial charge in [-0.2, -0.15) is 18.4 Å². The maximum atomic E-state index is 13.4. The lowest BCUT2D eigenvalue weighted by molar-refractivity contribution is -0.138. The molecule has 0 bridgehead atoms. The molecule has 2 fully saturated rings. The predicted molar refractivity (Wildman–Crippen MR) is 153 cm³/mol. The third kappa shape index (κ3) is 8.68. The minimum atomic E-state index is -4.53. The Labute approximate surface area is 245 Å². The molecule has 1 amide bonds. The van der Waals surface area contributed by atoms with Crippen molar-refractivity contribution in [1.29, 1.82) is 5.26 Å². The van der Waals surface area contributed by atoms with E-state index in [4.69, 9.17) is 10.4 Å². The van der Waals surface area contributed by atoms with Crippen molar-refractivity contribution >= 4 is 17.9 Å². The monoisotopic (exact) mass is 587 g/mol. The van der Waals surface area contributed by atoms with Crippen molar-refractivity contribution in [3.8, 4) is 6.19 Å². The van der Waals surface area contributed by atoms with Gasteiger partial charge in [0.1, 0.15) is 12.3 Å². The molecule has 1 aliphatic carbocycles. The number of nitrogens with one attached hydrogen (secondary N) is 1. The third-order valence-corrected chi connectivity index (χ3v) is 7.74. The van der Waals surface area contributed by atoms with Crippen LogP contribution in [-0.4, -0.2) is 59.0 Å². The first-order valence-electron chi connectivity index (χ1n) is 14.2. The van der Waals surface area contributed by atoms with Gasteiger partial charge in [-0.25, -0.2) is 0 Å². The molecule has 42 heavy (non-hydrogen) atoms. The van der Waals surface area contributed by atoms with Crippen LogP contribution in [0.25, 0.3) is 0 Å². The van der Waals surface area contributed by atoms with Gasteiger partial charge in [0.25, 0.3) is 0 Å². The summed E-state index contributed by atoms with van der Waals surface area (Å²) in [6.45, 7) is 6.63. The molecule has 3 unspecified atom stereocenters. The summed E-state index contributed by atoms with van der Waals surface area (Å²) in [5, 5.41) is 20.4. The van der Waals surface area contributed by atoms with Gasteiger partial charge in [0.2, 0.25) is 5.91 Å². The number of aromatic nitrogens is 1. The van der Waals surface area contributed by atoms with Crippen LogP contribution in [0.1, 0.15) is 82.0 Å². The Morgan fingerprint density at radius 2 is 1.79 bits per heavy atom. The van der Waals surface area contributed by atoms with Crippen molar-refractivity contribution in [2.24, 2.45) is 0 Å². The van der Waals surface area contributed by atoms with Crippen LogP contribution in [0.5, 0.6) is 0 Å². The Bertz CT molecular complexity index is 1230. The van der Waals surface area contributed by atoms with Crippen LogP contribution in [0.15, 0.2) is 42.7 Å². The van der Waals surface area contributed by atoms with Crippen molar-refractivity contribution in [1.82, 2.24) is 15.2 Å². The molecule has 3 atom stereocenters. The number of aldehydes is 1. The van der Waals surface area contributed by atoms with Crippen LogP contribution < -0.4 is 10.2 Å². The summed E-state index contributed by atoms with van der Waals surface area (Å²) < 4.78 is 40.0. The lowest BCUT2D eigenvalue weighted by Gasteiger charge is -2.32. The highest BCUT2D eigenvalue weighted by Crippen LogP contribution is 2.33. The molecule has 1 saturated carbocycles. The van der Waals surface area contributed by atoms with E-state index in [0.717, 1.165) is 55.6 Å². The molecule has 0 radical (unpaired) electrons. The fourth-order valence-electron chi connectivity index (χ4n) is 5.27. The molecule has 8 nitrogen and oxygen atoms in total. The summed E-state index contributed by atoms with van der Waals surface area (Å²) >= 11 is 0. The first-order valence-corrected chi connectivity index (χ1v) is 14.2. The molecule has 2 heterocycles. The highest BCUT2D eigenvalue weighted by Gasteiger charge is 2.34. The lowest BCUT2D eigenvalue weighted by Crippen LogP contribution is -2.44. The molecular weight excluding hydrogens is 547 g/mol. The molecule has 2 aliphatic rings. The lowest BCUT2D eigenvalue weighted by atomic mass is 9.87. The number of rotatable bonds is 6. The van der Waals surface area contributed by atoms with Crippen LogP contribution in [0.4, 0.5) is 18.9 Å². The number of nitrogens with zero attached hydrogens (tertiary/aromatic N) is 4. The summed E-state index contributed by atoms with van der Waals surface area (Å²) in [6, 6.07) is 7.54. The molecule has 228 valence electrons. The summed E-state index contributed by atoms with van der Waals surface area (Å²) in [6.07, 6.45) is 5.03. The van der Waals surface area contributed by atoms with Gasteiger partial charge in [-0.1, -0.05) is 52.2 Å². The maximum absolute atomic E-state index is 13.4. The van der Waals surface area contributed by atoms with E-state index in [2.05, 4.69) is 31.1 Å². The molecule has 1 aliphatic heterocycles. The van der Waals surface area contributed by atoms with Crippen molar-refractivity contribution in [3.63, 3.8) is 0 Å². The van der Waals surface area contributed by atoms with E-state index < -0.39 is 29.9 Å². The zero-order valence-electron chi connectivity index (χ0n) is 24.6. The quantitative estimate of drug-likeness (QED) is 0.356. The summed E-state index contributed by atoms with van der Waals surface area (Å²) in [4.78, 5) is 30.4.